The standard InChI is InChI=1S/C23H29ClN4O3/c1-30-16-20-14-22(28-10-12-31-13-11-28)26-23(25-20)18-6-8-27(9-7-18)15-21(29)17-2-4-19(24)5-3-17/h2-6,14,21,29H,7-13,15-16H2,1H3. The lowest BCUT2D eigenvalue weighted by molar-refractivity contribution is 0.119. The normalized spacial score (nSPS) is 18.7. The summed E-state index contributed by atoms with van der Waals surface area (Å²) < 4.78 is 10.8. The van der Waals surface area contributed by atoms with Crippen LogP contribution in [0.25, 0.3) is 5.57 Å². The molecule has 1 aromatic heterocycles. The number of methoxy groups -OCH3 is 1. The molecule has 1 fully saturated rings. The predicted octanol–water partition coefficient (Wildman–Crippen LogP) is 2.94. The van der Waals surface area contributed by atoms with Gasteiger partial charge in [0.15, 0.2) is 5.82 Å². The van der Waals surface area contributed by atoms with Crippen molar-refractivity contribution in [2.24, 2.45) is 0 Å². The molecular formula is C23H29ClN4O3. The van der Waals surface area contributed by atoms with Crippen LogP contribution in [0.15, 0.2) is 36.4 Å². The van der Waals surface area contributed by atoms with Crippen LogP contribution in [-0.2, 0) is 16.1 Å². The zero-order valence-corrected chi connectivity index (χ0v) is 18.6. The van der Waals surface area contributed by atoms with Crippen LogP contribution >= 0.6 is 11.6 Å². The van der Waals surface area contributed by atoms with Gasteiger partial charge < -0.3 is 19.5 Å². The Balaban J connectivity index is 1.45. The lowest BCUT2D eigenvalue weighted by atomic mass is 10.0. The minimum Gasteiger partial charge on any atom is -0.387 e. The Hall–Kier alpha value is -2.03. The molecule has 4 rings (SSSR count). The Kier molecular flexibility index (Phi) is 7.53. The lowest BCUT2D eigenvalue weighted by Crippen LogP contribution is -2.37. The van der Waals surface area contributed by atoms with Gasteiger partial charge in [0.25, 0.3) is 0 Å². The second-order valence-electron chi connectivity index (χ2n) is 7.88. The van der Waals surface area contributed by atoms with Crippen molar-refractivity contribution in [3.05, 3.63) is 58.5 Å². The summed E-state index contributed by atoms with van der Waals surface area (Å²) in [7, 11) is 1.68. The van der Waals surface area contributed by atoms with Gasteiger partial charge in [0.05, 0.1) is 31.6 Å². The summed E-state index contributed by atoms with van der Waals surface area (Å²) in [5, 5.41) is 11.2. The molecule has 0 spiro atoms. The monoisotopic (exact) mass is 444 g/mol. The number of halogens is 1. The molecule has 1 N–H and O–H groups in total. The van der Waals surface area contributed by atoms with E-state index >= 15 is 0 Å². The van der Waals surface area contributed by atoms with E-state index in [0.717, 1.165) is 61.1 Å². The number of rotatable bonds is 7. The third-order valence-electron chi connectivity index (χ3n) is 5.66. The Morgan fingerprint density at radius 2 is 1.94 bits per heavy atom. The van der Waals surface area contributed by atoms with Crippen LogP contribution in [0.1, 0.15) is 29.6 Å². The van der Waals surface area contributed by atoms with Crippen LogP contribution in [0.2, 0.25) is 5.02 Å². The Labute approximate surface area is 188 Å². The van der Waals surface area contributed by atoms with Gasteiger partial charge in [0, 0.05) is 50.9 Å². The highest BCUT2D eigenvalue weighted by molar-refractivity contribution is 6.30. The quantitative estimate of drug-likeness (QED) is 0.703. The topological polar surface area (TPSA) is 71.0 Å². The average Bonchev–Trinajstić information content (AvgIpc) is 2.80. The number of ether oxygens (including phenoxy) is 2. The van der Waals surface area contributed by atoms with E-state index in [1.165, 1.54) is 0 Å². The summed E-state index contributed by atoms with van der Waals surface area (Å²) in [5.74, 6) is 1.70. The number of aromatic nitrogens is 2. The maximum atomic E-state index is 10.6. The summed E-state index contributed by atoms with van der Waals surface area (Å²) >= 11 is 5.95. The molecule has 1 unspecified atom stereocenters. The third kappa shape index (κ3) is 5.81. The number of anilines is 1. The second-order valence-corrected chi connectivity index (χ2v) is 8.32. The molecule has 1 saturated heterocycles. The molecule has 0 radical (unpaired) electrons. The van der Waals surface area contributed by atoms with E-state index in [1.54, 1.807) is 7.11 Å². The zero-order valence-electron chi connectivity index (χ0n) is 17.8. The molecule has 8 heteroatoms. The Morgan fingerprint density at radius 1 is 1.16 bits per heavy atom. The van der Waals surface area contributed by atoms with Crippen LogP contribution in [-0.4, -0.2) is 73.0 Å². The molecular weight excluding hydrogens is 416 g/mol. The summed E-state index contributed by atoms with van der Waals surface area (Å²) in [6.07, 6.45) is 2.47. The van der Waals surface area contributed by atoms with Gasteiger partial charge in [-0.25, -0.2) is 9.97 Å². The van der Waals surface area contributed by atoms with Gasteiger partial charge in [-0.2, -0.15) is 0 Å². The number of morpholine rings is 1. The summed E-state index contributed by atoms with van der Waals surface area (Å²) in [4.78, 5) is 14.1. The van der Waals surface area contributed by atoms with E-state index in [9.17, 15) is 5.11 Å². The molecule has 0 saturated carbocycles. The van der Waals surface area contributed by atoms with Gasteiger partial charge in [-0.05, 0) is 29.7 Å². The highest BCUT2D eigenvalue weighted by Gasteiger charge is 2.21. The van der Waals surface area contributed by atoms with Gasteiger partial charge in [-0.15, -0.1) is 0 Å². The Morgan fingerprint density at radius 3 is 2.61 bits per heavy atom. The first kappa shape index (κ1) is 22.2. The van der Waals surface area contributed by atoms with Crippen molar-refractivity contribution in [3.63, 3.8) is 0 Å². The fourth-order valence-electron chi connectivity index (χ4n) is 3.92. The molecule has 2 aromatic rings. The number of aliphatic hydroxyl groups is 1. The van der Waals surface area contributed by atoms with Gasteiger partial charge in [-0.1, -0.05) is 29.8 Å². The summed E-state index contributed by atoms with van der Waals surface area (Å²) in [6, 6.07) is 9.38. The minimum absolute atomic E-state index is 0.458. The van der Waals surface area contributed by atoms with Crippen LogP contribution in [0.3, 0.4) is 0 Å². The molecule has 7 nitrogen and oxygen atoms in total. The first-order valence-corrected chi connectivity index (χ1v) is 11.0. The smallest absolute Gasteiger partial charge is 0.157 e. The molecule has 3 heterocycles. The molecule has 0 amide bonds. The van der Waals surface area contributed by atoms with Crippen molar-refractivity contribution in [3.8, 4) is 0 Å². The van der Waals surface area contributed by atoms with Gasteiger partial charge >= 0.3 is 0 Å². The van der Waals surface area contributed by atoms with Crippen molar-refractivity contribution in [2.75, 3.05) is 57.9 Å². The average molecular weight is 445 g/mol. The van der Waals surface area contributed by atoms with Crippen LogP contribution in [0.4, 0.5) is 5.82 Å². The number of hydrogen-bond acceptors (Lipinski definition) is 7. The van der Waals surface area contributed by atoms with Crippen molar-refractivity contribution in [1.82, 2.24) is 14.9 Å². The molecule has 31 heavy (non-hydrogen) atoms. The molecule has 0 aliphatic carbocycles. The van der Waals surface area contributed by atoms with Crippen molar-refractivity contribution in [1.29, 1.82) is 0 Å². The van der Waals surface area contributed by atoms with Crippen molar-refractivity contribution in [2.45, 2.75) is 19.1 Å². The van der Waals surface area contributed by atoms with Crippen molar-refractivity contribution >= 4 is 23.0 Å². The maximum Gasteiger partial charge on any atom is 0.157 e. The molecule has 1 atom stereocenters. The van der Waals surface area contributed by atoms with Gasteiger partial charge in [0.1, 0.15) is 5.82 Å². The third-order valence-corrected chi connectivity index (χ3v) is 5.91. The van der Waals surface area contributed by atoms with Crippen LogP contribution in [0.5, 0.6) is 0 Å². The first-order chi connectivity index (χ1) is 15.1. The van der Waals surface area contributed by atoms with E-state index in [2.05, 4.69) is 15.9 Å². The first-order valence-electron chi connectivity index (χ1n) is 10.7. The van der Waals surface area contributed by atoms with E-state index < -0.39 is 6.10 Å². The van der Waals surface area contributed by atoms with E-state index in [-0.39, 0.29) is 0 Å². The number of aliphatic hydroxyl groups excluding tert-OH is 1. The van der Waals surface area contributed by atoms with E-state index in [1.807, 2.05) is 30.3 Å². The molecule has 2 aliphatic rings. The summed E-state index contributed by atoms with van der Waals surface area (Å²) in [5.41, 5.74) is 2.91. The zero-order chi connectivity index (χ0) is 21.6. The number of hydrogen-bond donors (Lipinski definition) is 1. The molecule has 1 aromatic carbocycles. The maximum absolute atomic E-state index is 10.6. The molecule has 0 bridgehead atoms. The van der Waals surface area contributed by atoms with Gasteiger partial charge in [-0.3, -0.25) is 4.90 Å². The number of nitrogens with zero attached hydrogens (tertiary/aromatic N) is 4. The fourth-order valence-corrected chi connectivity index (χ4v) is 4.04. The number of benzene rings is 1. The van der Waals surface area contributed by atoms with Crippen LogP contribution in [0, 0.1) is 0 Å². The van der Waals surface area contributed by atoms with Crippen molar-refractivity contribution < 1.29 is 14.6 Å². The second kappa shape index (κ2) is 10.5. The largest absolute Gasteiger partial charge is 0.387 e. The van der Waals surface area contributed by atoms with E-state index in [0.29, 0.717) is 31.4 Å². The fraction of sp³-hybridized carbons (Fsp3) is 0.478. The van der Waals surface area contributed by atoms with Gasteiger partial charge in [0.2, 0.25) is 0 Å². The summed E-state index contributed by atoms with van der Waals surface area (Å²) in [6.45, 7) is 5.73. The minimum atomic E-state index is -0.540. The molecule has 166 valence electrons. The lowest BCUT2D eigenvalue weighted by Gasteiger charge is -2.30. The number of β-amino-alcohol motifs (C(OH)–C–C–N with tert-alkyl or cyclic N) is 1. The SMILES string of the molecule is COCc1cc(N2CCOCC2)nc(C2=CCN(CC(O)c3ccc(Cl)cc3)CC2)n1. The highest BCUT2D eigenvalue weighted by Crippen LogP contribution is 2.25. The van der Waals surface area contributed by atoms with Crippen LogP contribution < -0.4 is 4.90 Å². The Bertz CT molecular complexity index is 900. The predicted molar refractivity (Wildman–Crippen MR) is 121 cm³/mol. The van der Waals surface area contributed by atoms with E-state index in [4.69, 9.17) is 31.0 Å². The highest BCUT2D eigenvalue weighted by atomic mass is 35.5. The molecule has 2 aliphatic heterocycles.